The summed E-state index contributed by atoms with van der Waals surface area (Å²) in [6, 6.07) is 14.9. The van der Waals surface area contributed by atoms with Crippen LogP contribution in [0.5, 0.6) is 0 Å². The molecule has 4 N–H and O–H groups in total. The number of amides is 1. The molecule has 4 nitrogen and oxygen atoms in total. The first-order valence-electron chi connectivity index (χ1n) is 9.38. The van der Waals surface area contributed by atoms with Gasteiger partial charge in [-0.05, 0) is 48.1 Å². The zero-order chi connectivity index (χ0) is 17.4. The molecule has 2 aliphatic rings. The molecule has 1 aliphatic heterocycles. The fraction of sp³-hybridized carbons (Fsp3) is 0.476. The van der Waals surface area contributed by atoms with Gasteiger partial charge in [-0.1, -0.05) is 48.9 Å². The molecule has 0 bridgehead atoms. The highest BCUT2D eigenvalue weighted by atomic mass is 16.2. The molecular formula is C21H27N3O. The van der Waals surface area contributed by atoms with Gasteiger partial charge >= 0.3 is 0 Å². The SMILES string of the molecule is NCCCC[C@H](N)C(=O)N1C[C@H]2C[C@@]2(c2ccc3ccccc3c2)C1. The van der Waals surface area contributed by atoms with Crippen molar-refractivity contribution in [3.63, 3.8) is 0 Å². The molecule has 4 rings (SSSR count). The van der Waals surface area contributed by atoms with Gasteiger partial charge in [0.25, 0.3) is 0 Å². The van der Waals surface area contributed by atoms with E-state index in [-0.39, 0.29) is 17.4 Å². The van der Waals surface area contributed by atoms with E-state index < -0.39 is 0 Å². The minimum absolute atomic E-state index is 0.115. The predicted molar refractivity (Wildman–Crippen MR) is 101 cm³/mol. The first kappa shape index (κ1) is 16.6. The van der Waals surface area contributed by atoms with Crippen molar-refractivity contribution < 1.29 is 4.79 Å². The fourth-order valence-electron chi connectivity index (χ4n) is 4.46. The number of rotatable bonds is 6. The summed E-state index contributed by atoms with van der Waals surface area (Å²) >= 11 is 0. The molecule has 25 heavy (non-hydrogen) atoms. The van der Waals surface area contributed by atoms with Crippen LogP contribution in [0.1, 0.15) is 31.2 Å². The highest BCUT2D eigenvalue weighted by Crippen LogP contribution is 2.59. The summed E-state index contributed by atoms with van der Waals surface area (Å²) in [5, 5.41) is 2.55. The second kappa shape index (κ2) is 6.43. The number of carbonyl (C=O) groups excluding carboxylic acids is 1. The first-order valence-corrected chi connectivity index (χ1v) is 9.38. The van der Waals surface area contributed by atoms with Crippen molar-refractivity contribution >= 4 is 16.7 Å². The number of likely N-dealkylation sites (tertiary alicyclic amines) is 1. The molecule has 2 fully saturated rings. The number of unbranched alkanes of at least 4 members (excludes halogenated alkanes) is 1. The highest BCUT2D eigenvalue weighted by molar-refractivity contribution is 5.84. The Morgan fingerprint density at radius 1 is 1.20 bits per heavy atom. The fourth-order valence-corrected chi connectivity index (χ4v) is 4.46. The Balaban J connectivity index is 1.47. The Hall–Kier alpha value is -1.91. The van der Waals surface area contributed by atoms with E-state index in [9.17, 15) is 4.79 Å². The number of benzene rings is 2. The van der Waals surface area contributed by atoms with E-state index in [4.69, 9.17) is 11.5 Å². The van der Waals surface area contributed by atoms with Crippen molar-refractivity contribution in [3.05, 3.63) is 48.0 Å². The Labute approximate surface area is 149 Å². The summed E-state index contributed by atoms with van der Waals surface area (Å²) in [7, 11) is 0. The maximum Gasteiger partial charge on any atom is 0.239 e. The van der Waals surface area contributed by atoms with Crippen molar-refractivity contribution in [3.8, 4) is 0 Å². The molecule has 0 aromatic heterocycles. The quantitative estimate of drug-likeness (QED) is 0.795. The zero-order valence-electron chi connectivity index (χ0n) is 14.7. The number of nitrogens with zero attached hydrogens (tertiary/aromatic N) is 1. The maximum absolute atomic E-state index is 12.7. The van der Waals surface area contributed by atoms with Gasteiger partial charge in [0.1, 0.15) is 0 Å². The predicted octanol–water partition coefficient (Wildman–Crippen LogP) is 2.40. The minimum atomic E-state index is -0.377. The number of nitrogens with two attached hydrogens (primary N) is 2. The second-order valence-corrected chi connectivity index (χ2v) is 7.73. The zero-order valence-corrected chi connectivity index (χ0v) is 14.7. The molecule has 0 radical (unpaired) electrons. The first-order chi connectivity index (χ1) is 12.1. The van der Waals surface area contributed by atoms with Gasteiger partial charge in [0.15, 0.2) is 0 Å². The van der Waals surface area contributed by atoms with Crippen LogP contribution in [0.15, 0.2) is 42.5 Å². The molecule has 2 aromatic carbocycles. The van der Waals surface area contributed by atoms with Gasteiger partial charge in [-0.15, -0.1) is 0 Å². The van der Waals surface area contributed by atoms with Crippen LogP contribution >= 0.6 is 0 Å². The Kier molecular flexibility index (Phi) is 4.26. The van der Waals surface area contributed by atoms with E-state index in [0.29, 0.717) is 12.5 Å². The molecular weight excluding hydrogens is 310 g/mol. The molecule has 1 aliphatic carbocycles. The van der Waals surface area contributed by atoms with Crippen LogP contribution < -0.4 is 11.5 Å². The van der Waals surface area contributed by atoms with Gasteiger partial charge in [-0.3, -0.25) is 4.79 Å². The van der Waals surface area contributed by atoms with Crippen molar-refractivity contribution in [1.29, 1.82) is 0 Å². The van der Waals surface area contributed by atoms with Crippen LogP contribution in [-0.2, 0) is 10.2 Å². The molecule has 4 heteroatoms. The largest absolute Gasteiger partial charge is 0.340 e. The Morgan fingerprint density at radius 3 is 2.80 bits per heavy atom. The number of hydrogen-bond donors (Lipinski definition) is 2. The van der Waals surface area contributed by atoms with E-state index in [1.165, 1.54) is 22.8 Å². The average Bonchev–Trinajstić information content (AvgIpc) is 3.22. The van der Waals surface area contributed by atoms with E-state index in [1.54, 1.807) is 0 Å². The van der Waals surface area contributed by atoms with Crippen molar-refractivity contribution in [2.24, 2.45) is 17.4 Å². The second-order valence-electron chi connectivity index (χ2n) is 7.73. The van der Waals surface area contributed by atoms with Crippen LogP contribution in [-0.4, -0.2) is 36.5 Å². The van der Waals surface area contributed by atoms with Crippen LogP contribution in [0.2, 0.25) is 0 Å². The molecule has 132 valence electrons. The van der Waals surface area contributed by atoms with Crippen molar-refractivity contribution in [1.82, 2.24) is 4.90 Å². The van der Waals surface area contributed by atoms with Gasteiger partial charge in [0.2, 0.25) is 5.91 Å². The highest BCUT2D eigenvalue weighted by Gasteiger charge is 2.61. The van der Waals surface area contributed by atoms with Gasteiger partial charge in [-0.25, -0.2) is 0 Å². The number of piperidine rings is 1. The lowest BCUT2D eigenvalue weighted by atomic mass is 9.92. The molecule has 1 heterocycles. The lowest BCUT2D eigenvalue weighted by molar-refractivity contribution is -0.132. The molecule has 3 atom stereocenters. The topological polar surface area (TPSA) is 72.3 Å². The smallest absolute Gasteiger partial charge is 0.239 e. The third-order valence-corrected chi connectivity index (χ3v) is 6.07. The van der Waals surface area contributed by atoms with E-state index in [0.717, 1.165) is 32.4 Å². The minimum Gasteiger partial charge on any atom is -0.340 e. The van der Waals surface area contributed by atoms with E-state index in [2.05, 4.69) is 42.5 Å². The van der Waals surface area contributed by atoms with Gasteiger partial charge < -0.3 is 16.4 Å². The lowest BCUT2D eigenvalue weighted by Crippen LogP contribution is -2.44. The summed E-state index contributed by atoms with van der Waals surface area (Å²) < 4.78 is 0. The van der Waals surface area contributed by atoms with Crippen LogP contribution in [0.25, 0.3) is 10.8 Å². The standard InChI is InChI=1S/C21H27N3O/c22-10-4-3-7-19(23)20(25)24-13-18-12-21(18,14-24)17-9-8-15-5-1-2-6-16(15)11-17/h1-2,5-6,8-9,11,18-19H,3-4,7,10,12-14,22-23H2/t18-,19+,21+/m1/s1. The molecule has 1 amide bonds. The molecule has 1 saturated heterocycles. The van der Waals surface area contributed by atoms with E-state index >= 15 is 0 Å². The van der Waals surface area contributed by atoms with Gasteiger partial charge in [0.05, 0.1) is 6.04 Å². The number of carbonyl (C=O) groups is 1. The summed E-state index contributed by atoms with van der Waals surface area (Å²) in [6.45, 7) is 2.34. The third kappa shape index (κ3) is 2.94. The van der Waals surface area contributed by atoms with E-state index in [1.807, 2.05) is 4.90 Å². The maximum atomic E-state index is 12.7. The van der Waals surface area contributed by atoms with Gasteiger partial charge in [-0.2, -0.15) is 0 Å². The summed E-state index contributed by atoms with van der Waals surface area (Å²) in [6.07, 6.45) is 3.79. The lowest BCUT2D eigenvalue weighted by Gasteiger charge is -2.24. The Bertz CT molecular complexity index is 790. The summed E-state index contributed by atoms with van der Waals surface area (Å²) in [5.41, 5.74) is 13.2. The summed E-state index contributed by atoms with van der Waals surface area (Å²) in [5.74, 6) is 0.707. The number of hydrogen-bond acceptors (Lipinski definition) is 3. The third-order valence-electron chi connectivity index (χ3n) is 6.07. The molecule has 0 spiro atoms. The number of fused-ring (bicyclic) bond motifs is 2. The average molecular weight is 337 g/mol. The molecule has 0 unspecified atom stereocenters. The molecule has 2 aromatic rings. The van der Waals surface area contributed by atoms with Crippen LogP contribution in [0, 0.1) is 5.92 Å². The summed E-state index contributed by atoms with van der Waals surface area (Å²) in [4.78, 5) is 14.7. The Morgan fingerprint density at radius 2 is 2.00 bits per heavy atom. The van der Waals surface area contributed by atoms with Gasteiger partial charge in [0, 0.05) is 18.5 Å². The van der Waals surface area contributed by atoms with Crippen LogP contribution in [0.3, 0.4) is 0 Å². The monoisotopic (exact) mass is 337 g/mol. The van der Waals surface area contributed by atoms with Crippen LogP contribution in [0.4, 0.5) is 0 Å². The molecule has 1 saturated carbocycles. The normalized spacial score (nSPS) is 25.8. The van der Waals surface area contributed by atoms with Crippen molar-refractivity contribution in [2.75, 3.05) is 19.6 Å². The van der Waals surface area contributed by atoms with Crippen molar-refractivity contribution in [2.45, 2.75) is 37.1 Å².